The van der Waals surface area contributed by atoms with Gasteiger partial charge in [0.1, 0.15) is 0 Å². The Morgan fingerprint density at radius 2 is 2.15 bits per heavy atom. The third kappa shape index (κ3) is 3.80. The molecule has 0 saturated carbocycles. The van der Waals surface area contributed by atoms with Gasteiger partial charge in [0, 0.05) is 0 Å². The van der Waals surface area contributed by atoms with Crippen LogP contribution in [0.4, 0.5) is 0 Å². The van der Waals surface area contributed by atoms with Gasteiger partial charge in [-0.3, -0.25) is 0 Å². The second kappa shape index (κ2) is 5.26. The van der Waals surface area contributed by atoms with Crippen molar-refractivity contribution in [3.63, 3.8) is 0 Å². The van der Waals surface area contributed by atoms with Gasteiger partial charge in [-0.1, -0.05) is 0 Å². The zero-order chi connectivity index (χ0) is 9.68. The van der Waals surface area contributed by atoms with Crippen molar-refractivity contribution in [2.75, 3.05) is 0 Å². The van der Waals surface area contributed by atoms with Gasteiger partial charge in [0.2, 0.25) is 0 Å². The molecule has 1 N–H and O–H groups in total. The fraction of sp³-hybridized carbons (Fsp3) is 0.300. The van der Waals surface area contributed by atoms with E-state index in [1.165, 1.54) is 9.17 Å². The van der Waals surface area contributed by atoms with Gasteiger partial charge >= 0.3 is 88.0 Å². The Morgan fingerprint density at radius 3 is 2.77 bits per heavy atom. The van der Waals surface area contributed by atoms with Crippen LogP contribution >= 0.6 is 0 Å². The first-order valence-corrected chi connectivity index (χ1v) is 6.91. The van der Waals surface area contributed by atoms with Crippen LogP contribution in [0.15, 0.2) is 24.3 Å². The summed E-state index contributed by atoms with van der Waals surface area (Å²) in [4.78, 5) is 10.3. The van der Waals surface area contributed by atoms with E-state index in [9.17, 15) is 4.79 Å². The van der Waals surface area contributed by atoms with Crippen molar-refractivity contribution in [3.05, 3.63) is 29.8 Å². The van der Waals surface area contributed by atoms with E-state index in [1.54, 1.807) is 0 Å². The Labute approximate surface area is 88.0 Å². The molecule has 0 aliphatic carbocycles. The summed E-state index contributed by atoms with van der Waals surface area (Å²) in [7, 11) is 0. The van der Waals surface area contributed by atoms with E-state index in [1.807, 2.05) is 12.1 Å². The van der Waals surface area contributed by atoms with E-state index in [2.05, 4.69) is 19.1 Å². The summed E-state index contributed by atoms with van der Waals surface area (Å²) in [5.41, 5.74) is 1.30. The van der Waals surface area contributed by atoms with Crippen LogP contribution in [-0.4, -0.2) is 32.0 Å². The van der Waals surface area contributed by atoms with E-state index in [0.29, 0.717) is 6.42 Å². The normalized spacial score (nSPS) is 9.92. The molecule has 0 unspecified atom stereocenters. The quantitative estimate of drug-likeness (QED) is 0.847. The van der Waals surface area contributed by atoms with Crippen molar-refractivity contribution in [1.82, 2.24) is 0 Å². The van der Waals surface area contributed by atoms with Crippen molar-refractivity contribution in [2.24, 2.45) is 0 Å². The summed E-state index contributed by atoms with van der Waals surface area (Å²) in [5.74, 6) is -0.682. The molecule has 1 rings (SSSR count). The van der Waals surface area contributed by atoms with Gasteiger partial charge in [0.05, 0.1) is 0 Å². The average molecular weight is 292 g/mol. The van der Waals surface area contributed by atoms with E-state index in [0.717, 1.165) is 4.47 Å². The molecule has 0 heterocycles. The number of benzene rings is 1. The van der Waals surface area contributed by atoms with Crippen LogP contribution in [0.25, 0.3) is 0 Å². The Kier molecular flexibility index (Phi) is 4.27. The number of hydrogen-bond acceptors (Lipinski definition) is 1. The predicted molar refractivity (Wildman–Crippen MR) is 53.6 cm³/mol. The topological polar surface area (TPSA) is 37.3 Å². The fourth-order valence-electron chi connectivity index (χ4n) is 0.967. The second-order valence-electron chi connectivity index (χ2n) is 2.76. The van der Waals surface area contributed by atoms with Crippen molar-refractivity contribution < 1.29 is 9.90 Å². The number of rotatable bonds is 4. The SMILES string of the molecule is Cc1ccccc1[Te]CCC(=O)O. The molecule has 2 nitrogen and oxygen atoms in total. The first kappa shape index (κ1) is 10.6. The summed E-state index contributed by atoms with van der Waals surface area (Å²) in [6.07, 6.45) is 0.316. The number of carbonyl (C=O) groups is 1. The van der Waals surface area contributed by atoms with E-state index in [4.69, 9.17) is 5.11 Å². The standard InChI is InChI=1S/C10H12O2Te/c1-8-4-2-3-5-9(8)13-7-6-10(11)12/h2-5H,6-7H2,1H3,(H,11,12). The van der Waals surface area contributed by atoms with Crippen LogP contribution in [0.5, 0.6) is 0 Å². The Balaban J connectivity index is 2.45. The van der Waals surface area contributed by atoms with Crippen LogP contribution in [0.2, 0.25) is 4.47 Å². The molecule has 0 atom stereocenters. The molecule has 3 heteroatoms. The molecule has 0 fully saturated rings. The minimum atomic E-state index is -0.682. The Morgan fingerprint density at radius 1 is 1.46 bits per heavy atom. The molecular weight excluding hydrogens is 280 g/mol. The molecular formula is C10H12O2Te. The van der Waals surface area contributed by atoms with Gasteiger partial charge in [0.15, 0.2) is 0 Å². The Hall–Kier alpha value is -0.520. The van der Waals surface area contributed by atoms with Gasteiger partial charge in [0.25, 0.3) is 0 Å². The summed E-state index contributed by atoms with van der Waals surface area (Å²) < 4.78 is 2.24. The summed E-state index contributed by atoms with van der Waals surface area (Å²) in [6, 6.07) is 8.23. The molecule has 0 aliphatic heterocycles. The molecule has 1 aromatic carbocycles. The zero-order valence-electron chi connectivity index (χ0n) is 7.49. The number of aryl methyl sites for hydroxylation is 1. The molecule has 0 bridgehead atoms. The molecule has 0 saturated heterocycles. The maximum absolute atomic E-state index is 10.3. The summed E-state index contributed by atoms with van der Waals surface area (Å²) >= 11 is -0.286. The van der Waals surface area contributed by atoms with Crippen LogP contribution < -0.4 is 3.61 Å². The monoisotopic (exact) mass is 294 g/mol. The van der Waals surface area contributed by atoms with Gasteiger partial charge in [-0.2, -0.15) is 0 Å². The number of hydrogen-bond donors (Lipinski definition) is 1. The number of carboxylic acids is 1. The minimum absolute atomic E-state index is 0.286. The van der Waals surface area contributed by atoms with Crippen molar-refractivity contribution in [3.8, 4) is 0 Å². The van der Waals surface area contributed by atoms with Crippen LogP contribution in [-0.2, 0) is 4.79 Å². The van der Waals surface area contributed by atoms with Crippen molar-refractivity contribution in [1.29, 1.82) is 0 Å². The molecule has 0 aromatic heterocycles. The molecule has 13 heavy (non-hydrogen) atoms. The predicted octanol–water partition coefficient (Wildman–Crippen LogP) is 1.22. The van der Waals surface area contributed by atoms with Gasteiger partial charge < -0.3 is 0 Å². The Bertz CT molecular complexity index is 297. The van der Waals surface area contributed by atoms with Gasteiger partial charge in [-0.05, 0) is 0 Å². The van der Waals surface area contributed by atoms with Gasteiger partial charge in [-0.15, -0.1) is 0 Å². The first-order chi connectivity index (χ1) is 6.20. The van der Waals surface area contributed by atoms with Gasteiger partial charge in [-0.25, -0.2) is 0 Å². The van der Waals surface area contributed by atoms with E-state index >= 15 is 0 Å². The summed E-state index contributed by atoms with van der Waals surface area (Å²) in [5, 5.41) is 8.48. The zero-order valence-corrected chi connectivity index (χ0v) is 9.82. The van der Waals surface area contributed by atoms with Crippen molar-refractivity contribution >= 4 is 30.5 Å². The molecule has 0 spiro atoms. The molecule has 70 valence electrons. The van der Waals surface area contributed by atoms with E-state index in [-0.39, 0.29) is 20.9 Å². The molecule has 0 amide bonds. The second-order valence-corrected chi connectivity index (χ2v) is 6.00. The maximum atomic E-state index is 10.3. The molecule has 0 aliphatic rings. The number of aliphatic carboxylic acids is 1. The van der Waals surface area contributed by atoms with Crippen molar-refractivity contribution in [2.45, 2.75) is 17.8 Å². The first-order valence-electron chi connectivity index (χ1n) is 4.10. The summed E-state index contributed by atoms with van der Waals surface area (Å²) in [6.45, 7) is 2.08. The van der Waals surface area contributed by atoms with Crippen LogP contribution in [0.3, 0.4) is 0 Å². The fourth-order valence-corrected chi connectivity index (χ4v) is 3.73. The third-order valence-corrected chi connectivity index (χ3v) is 5.03. The van der Waals surface area contributed by atoms with Crippen LogP contribution in [0, 0.1) is 6.92 Å². The average Bonchev–Trinajstić information content (AvgIpc) is 2.08. The van der Waals surface area contributed by atoms with E-state index < -0.39 is 5.97 Å². The number of carboxylic acid groups (broad SMARTS) is 1. The molecule has 1 aromatic rings. The third-order valence-electron chi connectivity index (χ3n) is 1.67. The molecule has 0 radical (unpaired) electrons. The van der Waals surface area contributed by atoms with Crippen LogP contribution in [0.1, 0.15) is 12.0 Å².